The molecule has 0 heterocycles. The van der Waals surface area contributed by atoms with Crippen LogP contribution < -0.4 is 0 Å². The fraction of sp³-hybridized carbons (Fsp3) is 0.750. The summed E-state index contributed by atoms with van der Waals surface area (Å²) in [6.45, 7) is -2.16. The van der Waals surface area contributed by atoms with E-state index >= 15 is 0 Å². The molecule has 0 rings (SSSR count). The molecule has 72 valence electrons. The molecule has 12 heavy (non-hydrogen) atoms. The SMILES string of the molecule is C/C(=C\CO)C(CF)(CF)CF. The Morgan fingerprint density at radius 1 is 1.25 bits per heavy atom. The molecule has 1 nitrogen and oxygen atoms in total. The van der Waals surface area contributed by atoms with E-state index < -0.39 is 25.4 Å². The van der Waals surface area contributed by atoms with Gasteiger partial charge in [-0.05, 0) is 6.92 Å². The van der Waals surface area contributed by atoms with Crippen molar-refractivity contribution in [3.63, 3.8) is 0 Å². The monoisotopic (exact) mass is 182 g/mol. The van der Waals surface area contributed by atoms with Crippen LogP contribution in [0, 0.1) is 5.41 Å². The second-order valence-electron chi connectivity index (χ2n) is 2.75. The minimum atomic E-state index is -1.66. The molecule has 0 aliphatic rings. The van der Waals surface area contributed by atoms with Crippen LogP contribution >= 0.6 is 0 Å². The lowest BCUT2D eigenvalue weighted by atomic mass is 9.84. The highest BCUT2D eigenvalue weighted by Crippen LogP contribution is 2.29. The van der Waals surface area contributed by atoms with Crippen molar-refractivity contribution in [2.24, 2.45) is 5.41 Å². The summed E-state index contributed by atoms with van der Waals surface area (Å²) >= 11 is 0. The third-order valence-corrected chi connectivity index (χ3v) is 2.00. The molecule has 0 aliphatic carbocycles. The van der Waals surface area contributed by atoms with Gasteiger partial charge in [0.05, 0.1) is 12.0 Å². The van der Waals surface area contributed by atoms with Gasteiger partial charge in [-0.2, -0.15) is 0 Å². The highest BCUT2D eigenvalue weighted by atomic mass is 19.1. The summed E-state index contributed by atoms with van der Waals surface area (Å²) in [6.07, 6.45) is 1.22. The first-order valence-corrected chi connectivity index (χ1v) is 3.63. The predicted molar refractivity (Wildman–Crippen MR) is 41.2 cm³/mol. The Labute approximate surface area is 69.9 Å². The summed E-state index contributed by atoms with van der Waals surface area (Å²) in [4.78, 5) is 0. The van der Waals surface area contributed by atoms with E-state index in [0.717, 1.165) is 0 Å². The number of halogens is 3. The number of hydrogen-bond acceptors (Lipinski definition) is 1. The fourth-order valence-corrected chi connectivity index (χ4v) is 0.777. The first-order valence-electron chi connectivity index (χ1n) is 3.63. The molecule has 0 amide bonds. The average molecular weight is 182 g/mol. The van der Waals surface area contributed by atoms with Crippen LogP contribution in [0.4, 0.5) is 13.2 Å². The highest BCUT2D eigenvalue weighted by Gasteiger charge is 2.32. The van der Waals surface area contributed by atoms with E-state index in [1.54, 1.807) is 0 Å². The Morgan fingerprint density at radius 2 is 1.67 bits per heavy atom. The summed E-state index contributed by atoms with van der Waals surface area (Å²) in [5, 5.41) is 8.44. The van der Waals surface area contributed by atoms with Crippen molar-refractivity contribution < 1.29 is 18.3 Å². The van der Waals surface area contributed by atoms with Crippen molar-refractivity contribution in [2.75, 3.05) is 26.6 Å². The van der Waals surface area contributed by atoms with Crippen LogP contribution in [0.5, 0.6) is 0 Å². The number of allylic oxidation sites excluding steroid dienone is 1. The maximum atomic E-state index is 12.3. The van der Waals surface area contributed by atoms with Crippen molar-refractivity contribution in [3.05, 3.63) is 11.6 Å². The molecule has 0 fully saturated rings. The molecular weight excluding hydrogens is 169 g/mol. The molecule has 0 spiro atoms. The van der Waals surface area contributed by atoms with Gasteiger partial charge in [0.2, 0.25) is 0 Å². The zero-order chi connectivity index (χ0) is 9.61. The molecule has 0 saturated heterocycles. The quantitative estimate of drug-likeness (QED) is 0.643. The molecule has 4 heteroatoms. The Bertz CT molecular complexity index is 144. The van der Waals surface area contributed by atoms with Crippen LogP contribution in [-0.2, 0) is 0 Å². The molecule has 0 aliphatic heterocycles. The molecule has 0 saturated carbocycles. The zero-order valence-corrected chi connectivity index (χ0v) is 6.99. The van der Waals surface area contributed by atoms with E-state index in [2.05, 4.69) is 0 Å². The average Bonchev–Trinajstić information content (AvgIpc) is 2.09. The summed E-state index contributed by atoms with van der Waals surface area (Å²) < 4.78 is 36.9. The summed E-state index contributed by atoms with van der Waals surface area (Å²) in [6, 6.07) is 0. The maximum absolute atomic E-state index is 12.3. The molecule has 0 aromatic heterocycles. The lowest BCUT2D eigenvalue weighted by molar-refractivity contribution is 0.149. The molecule has 0 aromatic rings. The maximum Gasteiger partial charge on any atom is 0.104 e. The van der Waals surface area contributed by atoms with Crippen LogP contribution in [0.25, 0.3) is 0 Å². The zero-order valence-electron chi connectivity index (χ0n) is 6.99. The molecular formula is C8H13F3O. The van der Waals surface area contributed by atoms with Crippen LogP contribution in [0.2, 0.25) is 0 Å². The molecule has 0 unspecified atom stereocenters. The minimum absolute atomic E-state index is 0.220. The van der Waals surface area contributed by atoms with Crippen molar-refractivity contribution in [1.29, 1.82) is 0 Å². The number of alkyl halides is 3. The topological polar surface area (TPSA) is 20.2 Å². The van der Waals surface area contributed by atoms with Gasteiger partial charge >= 0.3 is 0 Å². The number of aliphatic hydroxyl groups excluding tert-OH is 1. The number of hydrogen-bond donors (Lipinski definition) is 1. The molecule has 0 radical (unpaired) electrons. The summed E-state index contributed by atoms with van der Waals surface area (Å²) in [5.41, 5.74) is -1.44. The van der Waals surface area contributed by atoms with Crippen molar-refractivity contribution in [1.82, 2.24) is 0 Å². The number of aliphatic hydroxyl groups is 1. The Morgan fingerprint density at radius 3 is 1.92 bits per heavy atom. The van der Waals surface area contributed by atoms with Gasteiger partial charge in [0.15, 0.2) is 0 Å². The van der Waals surface area contributed by atoms with E-state index in [4.69, 9.17) is 5.11 Å². The van der Waals surface area contributed by atoms with Crippen LogP contribution in [0.3, 0.4) is 0 Å². The molecule has 0 atom stereocenters. The van der Waals surface area contributed by atoms with Gasteiger partial charge in [-0.25, -0.2) is 13.2 Å². The largest absolute Gasteiger partial charge is 0.392 e. The Hall–Kier alpha value is -0.510. The van der Waals surface area contributed by atoms with Gasteiger partial charge in [0.25, 0.3) is 0 Å². The van der Waals surface area contributed by atoms with Crippen molar-refractivity contribution >= 4 is 0 Å². The first-order chi connectivity index (χ1) is 5.66. The smallest absolute Gasteiger partial charge is 0.104 e. The Balaban J connectivity index is 4.58. The lowest BCUT2D eigenvalue weighted by Gasteiger charge is -2.25. The summed E-state index contributed by atoms with van der Waals surface area (Å²) in [5.74, 6) is 0. The van der Waals surface area contributed by atoms with E-state index in [0.29, 0.717) is 0 Å². The molecule has 0 aromatic carbocycles. The second kappa shape index (κ2) is 5.19. The second-order valence-corrected chi connectivity index (χ2v) is 2.75. The minimum Gasteiger partial charge on any atom is -0.392 e. The van der Waals surface area contributed by atoms with E-state index in [1.807, 2.05) is 0 Å². The first kappa shape index (κ1) is 11.5. The number of rotatable bonds is 5. The van der Waals surface area contributed by atoms with Crippen LogP contribution in [0.1, 0.15) is 6.92 Å². The van der Waals surface area contributed by atoms with Crippen LogP contribution in [-0.4, -0.2) is 31.7 Å². The van der Waals surface area contributed by atoms with Crippen molar-refractivity contribution in [3.8, 4) is 0 Å². The van der Waals surface area contributed by atoms with Crippen molar-refractivity contribution in [2.45, 2.75) is 6.92 Å². The van der Waals surface area contributed by atoms with Gasteiger partial charge in [-0.1, -0.05) is 11.6 Å². The normalized spacial score (nSPS) is 13.6. The van der Waals surface area contributed by atoms with Gasteiger partial charge in [0, 0.05) is 0 Å². The predicted octanol–water partition coefficient (Wildman–Crippen LogP) is 1.82. The van der Waals surface area contributed by atoms with Gasteiger partial charge in [0.1, 0.15) is 20.0 Å². The highest BCUT2D eigenvalue weighted by molar-refractivity contribution is 5.13. The molecule has 0 bridgehead atoms. The third kappa shape index (κ3) is 2.24. The van der Waals surface area contributed by atoms with Gasteiger partial charge in [-0.15, -0.1) is 0 Å². The summed E-state index contributed by atoms with van der Waals surface area (Å²) in [7, 11) is 0. The van der Waals surface area contributed by atoms with Gasteiger partial charge in [-0.3, -0.25) is 0 Å². The third-order valence-electron chi connectivity index (χ3n) is 2.00. The van der Waals surface area contributed by atoms with E-state index in [-0.39, 0.29) is 12.2 Å². The molecule has 1 N–H and O–H groups in total. The standard InChI is InChI=1S/C8H13F3O/c1-7(2-3-12)8(4-9,5-10)6-11/h2,12H,3-6H2,1H3/b7-2+. The van der Waals surface area contributed by atoms with E-state index in [1.165, 1.54) is 13.0 Å². The van der Waals surface area contributed by atoms with Gasteiger partial charge < -0.3 is 5.11 Å². The Kier molecular flexibility index (Phi) is 4.97. The fourth-order valence-electron chi connectivity index (χ4n) is 0.777. The van der Waals surface area contributed by atoms with Crippen LogP contribution in [0.15, 0.2) is 11.6 Å². The van der Waals surface area contributed by atoms with E-state index in [9.17, 15) is 13.2 Å². The lowest BCUT2D eigenvalue weighted by Crippen LogP contribution is -2.30.